The summed E-state index contributed by atoms with van der Waals surface area (Å²) < 4.78 is 0. The molecule has 0 atom stereocenters. The molecule has 0 spiro atoms. The quantitative estimate of drug-likeness (QED) is 0.694. The molecule has 0 saturated carbocycles. The Kier molecular flexibility index (Phi) is 4.09. The summed E-state index contributed by atoms with van der Waals surface area (Å²) in [6.45, 7) is 4.09. The van der Waals surface area contributed by atoms with Gasteiger partial charge in [-0.05, 0) is 42.5 Å². The fourth-order valence-corrected chi connectivity index (χ4v) is 3.87. The van der Waals surface area contributed by atoms with Crippen molar-refractivity contribution in [2.75, 3.05) is 11.9 Å². The van der Waals surface area contributed by atoms with Crippen molar-refractivity contribution >= 4 is 34.3 Å². The molecule has 0 radical (unpaired) electrons. The minimum atomic E-state index is -0.0207. The van der Waals surface area contributed by atoms with Crippen LogP contribution in [0.4, 0.5) is 5.69 Å². The number of nitrogens with zero attached hydrogens (tertiary/aromatic N) is 2. The van der Waals surface area contributed by atoms with E-state index in [1.54, 1.807) is 22.4 Å². The highest BCUT2D eigenvalue weighted by Crippen LogP contribution is 2.29. The lowest BCUT2D eigenvalue weighted by atomic mass is 10.1. The third kappa shape index (κ3) is 2.69. The first kappa shape index (κ1) is 14.9. The van der Waals surface area contributed by atoms with Gasteiger partial charge in [-0.25, -0.2) is 4.98 Å². The van der Waals surface area contributed by atoms with Gasteiger partial charge in [-0.2, -0.15) is 11.3 Å². The van der Waals surface area contributed by atoms with Crippen molar-refractivity contribution in [3.63, 3.8) is 0 Å². The van der Waals surface area contributed by atoms with Crippen LogP contribution in [0, 0.1) is 13.8 Å². The second kappa shape index (κ2) is 6.02. The van der Waals surface area contributed by atoms with Crippen LogP contribution in [0.1, 0.15) is 20.8 Å². The molecular formula is C17H16N2OS2. The van der Waals surface area contributed by atoms with Gasteiger partial charge < -0.3 is 4.90 Å². The fraction of sp³-hybridized carbons (Fsp3) is 0.176. The number of carbonyl (C=O) groups excluding carboxylic acids is 1. The third-order valence-electron chi connectivity index (χ3n) is 3.73. The number of amides is 1. The number of aryl methyl sites for hydroxylation is 1. The molecule has 0 aliphatic rings. The second-order valence-electron chi connectivity index (χ2n) is 5.12. The molecule has 0 aliphatic heterocycles. The van der Waals surface area contributed by atoms with Crippen LogP contribution in [-0.4, -0.2) is 17.9 Å². The van der Waals surface area contributed by atoms with Crippen LogP contribution in [0.2, 0.25) is 0 Å². The molecule has 2 heterocycles. The lowest BCUT2D eigenvalue weighted by Gasteiger charge is -2.19. The van der Waals surface area contributed by atoms with Gasteiger partial charge in [0.15, 0.2) is 0 Å². The molecule has 22 heavy (non-hydrogen) atoms. The van der Waals surface area contributed by atoms with Crippen LogP contribution >= 0.6 is 22.7 Å². The third-order valence-corrected chi connectivity index (χ3v) is 5.44. The minimum Gasteiger partial charge on any atom is -0.310 e. The van der Waals surface area contributed by atoms with Crippen LogP contribution in [0.25, 0.3) is 10.6 Å². The summed E-state index contributed by atoms with van der Waals surface area (Å²) in [5.41, 5.74) is 4.32. The van der Waals surface area contributed by atoms with Crippen molar-refractivity contribution in [2.24, 2.45) is 0 Å². The smallest absolute Gasteiger partial charge is 0.269 e. The Balaban J connectivity index is 1.89. The van der Waals surface area contributed by atoms with Gasteiger partial charge in [0.1, 0.15) is 9.88 Å². The number of thiazole rings is 1. The van der Waals surface area contributed by atoms with E-state index in [9.17, 15) is 4.79 Å². The number of thiophene rings is 1. The standard InChI is InChI=1S/C17H16N2OS2/c1-11-5-4-6-14(12(11)2)19(3)17(20)15-9-18-16(22-15)13-7-8-21-10-13/h4-10H,1-3H3. The Morgan fingerprint density at radius 3 is 2.77 bits per heavy atom. The van der Waals surface area contributed by atoms with E-state index in [0.29, 0.717) is 4.88 Å². The highest BCUT2D eigenvalue weighted by atomic mass is 32.1. The number of rotatable bonds is 3. The molecule has 1 aromatic carbocycles. The van der Waals surface area contributed by atoms with E-state index in [1.807, 2.05) is 42.9 Å². The normalized spacial score (nSPS) is 10.7. The van der Waals surface area contributed by atoms with Crippen LogP contribution in [0.5, 0.6) is 0 Å². The minimum absolute atomic E-state index is 0.0207. The molecule has 3 nitrogen and oxygen atoms in total. The molecule has 3 rings (SSSR count). The summed E-state index contributed by atoms with van der Waals surface area (Å²) in [4.78, 5) is 19.4. The van der Waals surface area contributed by atoms with Crippen molar-refractivity contribution in [3.8, 4) is 10.6 Å². The molecule has 0 aliphatic carbocycles. The van der Waals surface area contributed by atoms with E-state index in [-0.39, 0.29) is 5.91 Å². The maximum Gasteiger partial charge on any atom is 0.269 e. The topological polar surface area (TPSA) is 33.2 Å². The zero-order valence-electron chi connectivity index (χ0n) is 12.7. The molecule has 3 aromatic rings. The molecular weight excluding hydrogens is 312 g/mol. The van der Waals surface area contributed by atoms with Gasteiger partial charge in [0.05, 0.1) is 6.20 Å². The van der Waals surface area contributed by atoms with Gasteiger partial charge in [0.2, 0.25) is 0 Å². The zero-order chi connectivity index (χ0) is 15.7. The van der Waals surface area contributed by atoms with Crippen molar-refractivity contribution in [1.29, 1.82) is 0 Å². The van der Waals surface area contributed by atoms with E-state index in [0.717, 1.165) is 21.8 Å². The van der Waals surface area contributed by atoms with Crippen molar-refractivity contribution in [2.45, 2.75) is 13.8 Å². The zero-order valence-corrected chi connectivity index (χ0v) is 14.3. The average molecular weight is 328 g/mol. The Labute approximate surface area is 137 Å². The van der Waals surface area contributed by atoms with E-state index >= 15 is 0 Å². The van der Waals surface area contributed by atoms with Crippen LogP contribution in [-0.2, 0) is 0 Å². The number of anilines is 1. The second-order valence-corrected chi connectivity index (χ2v) is 6.94. The summed E-state index contributed by atoms with van der Waals surface area (Å²) in [5, 5.41) is 4.95. The monoisotopic (exact) mass is 328 g/mol. The summed E-state index contributed by atoms with van der Waals surface area (Å²) in [6, 6.07) is 8.02. The van der Waals surface area contributed by atoms with Gasteiger partial charge in [0.25, 0.3) is 5.91 Å². The fourth-order valence-electron chi connectivity index (χ4n) is 2.27. The summed E-state index contributed by atoms with van der Waals surface area (Å²) >= 11 is 3.07. The average Bonchev–Trinajstić information content (AvgIpc) is 3.19. The Bertz CT molecular complexity index is 806. The molecule has 0 unspecified atom stereocenters. The van der Waals surface area contributed by atoms with Crippen molar-refractivity contribution < 1.29 is 4.79 Å². The Hall–Kier alpha value is -1.98. The molecule has 0 saturated heterocycles. The predicted octanol–water partition coefficient (Wildman–Crippen LogP) is 4.77. The van der Waals surface area contributed by atoms with E-state index in [1.165, 1.54) is 16.9 Å². The van der Waals surface area contributed by atoms with E-state index in [4.69, 9.17) is 0 Å². The van der Waals surface area contributed by atoms with Crippen molar-refractivity contribution in [1.82, 2.24) is 4.98 Å². The van der Waals surface area contributed by atoms with Crippen LogP contribution in [0.15, 0.2) is 41.2 Å². The summed E-state index contributed by atoms with van der Waals surface area (Å²) in [5.74, 6) is -0.0207. The highest BCUT2D eigenvalue weighted by Gasteiger charge is 2.19. The molecule has 5 heteroatoms. The molecule has 0 N–H and O–H groups in total. The van der Waals surface area contributed by atoms with Gasteiger partial charge >= 0.3 is 0 Å². The summed E-state index contributed by atoms with van der Waals surface area (Å²) in [6.07, 6.45) is 1.67. The molecule has 0 bridgehead atoms. The first-order valence-corrected chi connectivity index (χ1v) is 8.66. The van der Waals surface area contributed by atoms with E-state index in [2.05, 4.69) is 18.0 Å². The van der Waals surface area contributed by atoms with Crippen LogP contribution in [0.3, 0.4) is 0 Å². The molecule has 2 aromatic heterocycles. The molecule has 112 valence electrons. The number of benzene rings is 1. The highest BCUT2D eigenvalue weighted by molar-refractivity contribution is 7.17. The molecule has 0 fully saturated rings. The van der Waals surface area contributed by atoms with Gasteiger partial charge in [-0.3, -0.25) is 4.79 Å². The largest absolute Gasteiger partial charge is 0.310 e. The van der Waals surface area contributed by atoms with Crippen LogP contribution < -0.4 is 4.90 Å². The number of carbonyl (C=O) groups is 1. The predicted molar refractivity (Wildman–Crippen MR) is 94.1 cm³/mol. The lowest BCUT2D eigenvalue weighted by molar-refractivity contribution is 0.0996. The maximum atomic E-state index is 12.7. The van der Waals surface area contributed by atoms with Gasteiger partial charge in [0, 0.05) is 23.7 Å². The lowest BCUT2D eigenvalue weighted by Crippen LogP contribution is -2.26. The SMILES string of the molecule is Cc1cccc(N(C)C(=O)c2cnc(-c3ccsc3)s2)c1C. The van der Waals surface area contributed by atoms with Gasteiger partial charge in [-0.1, -0.05) is 12.1 Å². The molecule has 1 amide bonds. The number of hydrogen-bond acceptors (Lipinski definition) is 4. The Morgan fingerprint density at radius 2 is 2.05 bits per heavy atom. The number of aromatic nitrogens is 1. The Morgan fingerprint density at radius 1 is 1.23 bits per heavy atom. The summed E-state index contributed by atoms with van der Waals surface area (Å²) in [7, 11) is 1.81. The first-order chi connectivity index (χ1) is 10.6. The van der Waals surface area contributed by atoms with E-state index < -0.39 is 0 Å². The maximum absolute atomic E-state index is 12.7. The number of hydrogen-bond donors (Lipinski definition) is 0. The van der Waals surface area contributed by atoms with Crippen molar-refractivity contribution in [3.05, 3.63) is 57.2 Å². The van der Waals surface area contributed by atoms with Gasteiger partial charge in [-0.15, -0.1) is 11.3 Å². The first-order valence-electron chi connectivity index (χ1n) is 6.90.